The molecule has 2 unspecified atom stereocenters. The lowest BCUT2D eigenvalue weighted by Crippen LogP contribution is -2.43. The van der Waals surface area contributed by atoms with Gasteiger partial charge in [0.1, 0.15) is 0 Å². The van der Waals surface area contributed by atoms with Crippen LogP contribution in [0.1, 0.15) is 70.0 Å². The molecule has 2 aromatic carbocycles. The van der Waals surface area contributed by atoms with Gasteiger partial charge in [0.05, 0.1) is 37.1 Å². The standard InChI is InChI=1S/C36H44ClN3O4Si/c1-36(2,3)45(4,5)44-24-32(28-9-8-10-29(37)21-28)39-17-14-27(23-33(39)41)26-12-13-31-30(22-26)35(25-15-19-42-20-16-25)38-40(31)34-11-6-7-18-43-34/h8-10,12-15,17,21-23,32,34H,6-7,11,16,18-20,24H2,1-5H3. The zero-order chi connectivity index (χ0) is 31.8. The molecule has 0 spiro atoms. The third-order valence-electron chi connectivity index (χ3n) is 9.66. The summed E-state index contributed by atoms with van der Waals surface area (Å²) < 4.78 is 22.2. The summed E-state index contributed by atoms with van der Waals surface area (Å²) in [5.74, 6) is 0. The third kappa shape index (κ3) is 6.76. The molecule has 4 heterocycles. The molecule has 1 fully saturated rings. The monoisotopic (exact) mass is 645 g/mol. The molecule has 0 radical (unpaired) electrons. The molecule has 238 valence electrons. The van der Waals surface area contributed by atoms with Crippen molar-refractivity contribution in [2.75, 3.05) is 26.4 Å². The van der Waals surface area contributed by atoms with E-state index in [-0.39, 0.29) is 22.9 Å². The van der Waals surface area contributed by atoms with Gasteiger partial charge in [-0.3, -0.25) is 4.79 Å². The summed E-state index contributed by atoms with van der Waals surface area (Å²) in [5.41, 5.74) is 5.91. The molecular formula is C36H44ClN3O4Si. The molecule has 0 bridgehead atoms. The topological polar surface area (TPSA) is 67.5 Å². The Morgan fingerprint density at radius 2 is 1.89 bits per heavy atom. The van der Waals surface area contributed by atoms with Gasteiger partial charge in [-0.2, -0.15) is 5.10 Å². The zero-order valence-electron chi connectivity index (χ0n) is 27.0. The van der Waals surface area contributed by atoms with Crippen LogP contribution in [0.25, 0.3) is 27.6 Å². The molecule has 0 amide bonds. The summed E-state index contributed by atoms with van der Waals surface area (Å²) in [7, 11) is -2.06. The van der Waals surface area contributed by atoms with Crippen molar-refractivity contribution in [2.24, 2.45) is 0 Å². The Bertz CT molecular complexity index is 1760. The normalized spacial score (nSPS) is 18.6. The van der Waals surface area contributed by atoms with Crippen LogP contribution in [0.3, 0.4) is 0 Å². The van der Waals surface area contributed by atoms with E-state index in [1.807, 2.05) is 36.5 Å². The van der Waals surface area contributed by atoms with Gasteiger partial charge in [-0.15, -0.1) is 0 Å². The molecule has 0 saturated carbocycles. The van der Waals surface area contributed by atoms with Crippen LogP contribution in [0.5, 0.6) is 0 Å². The predicted molar refractivity (Wildman–Crippen MR) is 184 cm³/mol. The van der Waals surface area contributed by atoms with E-state index in [1.54, 1.807) is 10.6 Å². The number of nitrogens with zero attached hydrogens (tertiary/aromatic N) is 3. The second-order valence-electron chi connectivity index (χ2n) is 13.7. The summed E-state index contributed by atoms with van der Waals surface area (Å²) in [4.78, 5) is 13.9. The summed E-state index contributed by atoms with van der Waals surface area (Å²) in [6.07, 6.45) is 7.94. The molecule has 7 nitrogen and oxygen atoms in total. The van der Waals surface area contributed by atoms with E-state index in [9.17, 15) is 4.79 Å². The van der Waals surface area contributed by atoms with Gasteiger partial charge in [0.25, 0.3) is 5.56 Å². The summed E-state index contributed by atoms with van der Waals surface area (Å²) >= 11 is 6.41. The van der Waals surface area contributed by atoms with Gasteiger partial charge in [-0.1, -0.05) is 56.6 Å². The van der Waals surface area contributed by atoms with Crippen LogP contribution in [-0.4, -0.2) is 49.1 Å². The van der Waals surface area contributed by atoms with Crippen LogP contribution >= 0.6 is 11.6 Å². The molecule has 2 aliphatic heterocycles. The molecule has 2 atom stereocenters. The van der Waals surface area contributed by atoms with Crippen molar-refractivity contribution in [1.82, 2.24) is 14.3 Å². The zero-order valence-corrected chi connectivity index (χ0v) is 28.8. The van der Waals surface area contributed by atoms with Crippen LogP contribution < -0.4 is 5.56 Å². The van der Waals surface area contributed by atoms with Crippen molar-refractivity contribution in [1.29, 1.82) is 0 Å². The number of rotatable bonds is 8. The molecular weight excluding hydrogens is 602 g/mol. The second-order valence-corrected chi connectivity index (χ2v) is 18.9. The van der Waals surface area contributed by atoms with Crippen molar-refractivity contribution in [2.45, 2.75) is 76.9 Å². The lowest BCUT2D eigenvalue weighted by molar-refractivity contribution is -0.0367. The van der Waals surface area contributed by atoms with Gasteiger partial charge in [-0.25, -0.2) is 4.68 Å². The van der Waals surface area contributed by atoms with Crippen LogP contribution in [0.15, 0.2) is 71.7 Å². The maximum atomic E-state index is 13.9. The fourth-order valence-corrected chi connectivity index (χ4v) is 7.12. The minimum Gasteiger partial charge on any atom is -0.414 e. The largest absolute Gasteiger partial charge is 0.414 e. The first kappa shape index (κ1) is 31.9. The van der Waals surface area contributed by atoms with Gasteiger partial charge in [0.15, 0.2) is 14.5 Å². The molecule has 1 saturated heterocycles. The highest BCUT2D eigenvalue weighted by Crippen LogP contribution is 2.38. The fraction of sp³-hybridized carbons (Fsp3) is 0.444. The summed E-state index contributed by atoms with van der Waals surface area (Å²) in [6, 6.07) is 17.5. The fourth-order valence-electron chi connectivity index (χ4n) is 5.92. The number of aromatic nitrogens is 3. The van der Waals surface area contributed by atoms with E-state index in [0.717, 1.165) is 65.6 Å². The SMILES string of the molecule is CC(C)(C)[Si](C)(C)OCC(c1cccc(Cl)c1)n1ccc(-c2ccc3c(c2)c(C2=CCOCC2)nn3C2CCCCO2)cc1=O. The Morgan fingerprint density at radius 3 is 2.58 bits per heavy atom. The smallest absolute Gasteiger partial charge is 0.251 e. The number of hydrogen-bond donors (Lipinski definition) is 0. The second kappa shape index (κ2) is 13.0. The number of benzene rings is 2. The average Bonchev–Trinajstić information content (AvgIpc) is 3.41. The van der Waals surface area contributed by atoms with Crippen LogP contribution in [0.4, 0.5) is 0 Å². The number of fused-ring (bicyclic) bond motifs is 1. The van der Waals surface area contributed by atoms with Crippen LogP contribution in [0, 0.1) is 0 Å². The molecule has 6 rings (SSSR count). The van der Waals surface area contributed by atoms with E-state index < -0.39 is 8.32 Å². The van der Waals surface area contributed by atoms with Crippen molar-refractivity contribution in [3.05, 3.63) is 93.5 Å². The first-order valence-corrected chi connectivity index (χ1v) is 19.3. The minimum atomic E-state index is -2.06. The van der Waals surface area contributed by atoms with Gasteiger partial charge >= 0.3 is 0 Å². The van der Waals surface area contributed by atoms with Crippen LogP contribution in [-0.2, 0) is 13.9 Å². The molecule has 9 heteroatoms. The maximum absolute atomic E-state index is 13.9. The number of pyridine rings is 1. The highest BCUT2D eigenvalue weighted by molar-refractivity contribution is 6.74. The maximum Gasteiger partial charge on any atom is 0.251 e. The lowest BCUT2D eigenvalue weighted by atomic mass is 10.00. The number of halogens is 1. The molecule has 4 aromatic rings. The van der Waals surface area contributed by atoms with Crippen molar-refractivity contribution < 1.29 is 13.9 Å². The van der Waals surface area contributed by atoms with Crippen molar-refractivity contribution in [3.63, 3.8) is 0 Å². The van der Waals surface area contributed by atoms with E-state index in [4.69, 9.17) is 30.6 Å². The third-order valence-corrected chi connectivity index (χ3v) is 14.4. The van der Waals surface area contributed by atoms with Gasteiger partial charge in [-0.05, 0) is 96.4 Å². The Morgan fingerprint density at radius 1 is 1.07 bits per heavy atom. The minimum absolute atomic E-state index is 0.0514. The Kier molecular flexibility index (Phi) is 9.23. The van der Waals surface area contributed by atoms with E-state index >= 15 is 0 Å². The molecule has 2 aliphatic rings. The van der Waals surface area contributed by atoms with E-state index in [1.165, 1.54) is 5.57 Å². The number of ether oxygens (including phenoxy) is 2. The first-order valence-electron chi connectivity index (χ1n) is 16.0. The predicted octanol–water partition coefficient (Wildman–Crippen LogP) is 8.63. The molecule has 45 heavy (non-hydrogen) atoms. The van der Waals surface area contributed by atoms with Gasteiger partial charge in [0.2, 0.25) is 0 Å². The summed E-state index contributed by atoms with van der Waals surface area (Å²) in [5, 5.41) is 6.86. The first-order chi connectivity index (χ1) is 21.5. The number of hydrogen-bond acceptors (Lipinski definition) is 5. The average molecular weight is 646 g/mol. The quantitative estimate of drug-likeness (QED) is 0.179. The van der Waals surface area contributed by atoms with E-state index in [0.29, 0.717) is 24.8 Å². The van der Waals surface area contributed by atoms with Crippen molar-refractivity contribution >= 4 is 36.4 Å². The van der Waals surface area contributed by atoms with E-state index in [2.05, 4.69) is 62.8 Å². The Balaban J connectivity index is 1.38. The lowest BCUT2D eigenvalue weighted by Gasteiger charge is -2.37. The van der Waals surface area contributed by atoms with Crippen LogP contribution in [0.2, 0.25) is 23.2 Å². The molecule has 0 N–H and O–H groups in total. The van der Waals surface area contributed by atoms with Crippen molar-refractivity contribution in [3.8, 4) is 11.1 Å². The highest BCUT2D eigenvalue weighted by Gasteiger charge is 2.38. The molecule has 0 aliphatic carbocycles. The Labute approximate surface area is 271 Å². The highest BCUT2D eigenvalue weighted by atomic mass is 35.5. The van der Waals surface area contributed by atoms with Gasteiger partial charge < -0.3 is 18.5 Å². The van der Waals surface area contributed by atoms with Gasteiger partial charge in [0, 0.05) is 29.3 Å². The summed E-state index contributed by atoms with van der Waals surface area (Å²) in [6.45, 7) is 13.6. The molecule has 2 aromatic heterocycles. The Hall–Kier alpha value is -3.01.